The molecule has 8 nitrogen and oxygen atoms in total. The first-order valence-corrected chi connectivity index (χ1v) is 12.9. The minimum absolute atomic E-state index is 0.0131. The number of hydrogen-bond acceptors (Lipinski definition) is 6. The van der Waals surface area contributed by atoms with Crippen LogP contribution in [0, 0.1) is 6.92 Å². The average Bonchev–Trinajstić information content (AvgIpc) is 3.41. The van der Waals surface area contributed by atoms with E-state index in [2.05, 4.69) is 9.97 Å². The zero-order valence-electron chi connectivity index (χ0n) is 22.6. The van der Waals surface area contributed by atoms with Gasteiger partial charge in [0.15, 0.2) is 0 Å². The summed E-state index contributed by atoms with van der Waals surface area (Å²) in [6.45, 7) is 9.63. The van der Waals surface area contributed by atoms with Crippen LogP contribution < -0.4 is 14.4 Å². The van der Waals surface area contributed by atoms with Gasteiger partial charge in [0, 0.05) is 5.56 Å². The van der Waals surface area contributed by atoms with Gasteiger partial charge in [0.25, 0.3) is 5.78 Å². The number of hydrogen-bond donors (Lipinski definition) is 2. The fourth-order valence-electron chi connectivity index (χ4n) is 4.74. The number of Topliss-reactive ketones (excluding diaryl/α,β-unsaturated/α-hetero) is 1. The van der Waals surface area contributed by atoms with E-state index in [4.69, 9.17) is 9.47 Å². The van der Waals surface area contributed by atoms with E-state index in [0.29, 0.717) is 28.1 Å². The summed E-state index contributed by atoms with van der Waals surface area (Å²) in [6.07, 6.45) is -0.0860. The van der Waals surface area contributed by atoms with Crippen LogP contribution in [0.5, 0.6) is 11.5 Å². The first-order chi connectivity index (χ1) is 18.6. The van der Waals surface area contributed by atoms with E-state index >= 15 is 0 Å². The number of aromatic amines is 1. The first kappa shape index (κ1) is 26.0. The van der Waals surface area contributed by atoms with E-state index in [1.54, 1.807) is 48.5 Å². The molecule has 2 N–H and O–H groups in total. The van der Waals surface area contributed by atoms with Crippen LogP contribution in [0.2, 0.25) is 0 Å². The highest BCUT2D eigenvalue weighted by Crippen LogP contribution is 2.42. The van der Waals surface area contributed by atoms with Crippen molar-refractivity contribution in [3.63, 3.8) is 0 Å². The first-order valence-electron chi connectivity index (χ1n) is 12.9. The lowest BCUT2D eigenvalue weighted by molar-refractivity contribution is -0.132. The molecule has 0 bridgehead atoms. The molecule has 200 valence electrons. The van der Waals surface area contributed by atoms with E-state index in [9.17, 15) is 14.7 Å². The molecule has 0 saturated carbocycles. The molecule has 8 heteroatoms. The van der Waals surface area contributed by atoms with Crippen molar-refractivity contribution in [1.29, 1.82) is 0 Å². The van der Waals surface area contributed by atoms with Crippen molar-refractivity contribution in [1.82, 2.24) is 9.97 Å². The molecule has 4 aromatic rings. The Balaban J connectivity index is 1.67. The second-order valence-corrected chi connectivity index (χ2v) is 10.2. The molecular weight excluding hydrogens is 494 g/mol. The number of H-pyrrole nitrogens is 1. The highest BCUT2D eigenvalue weighted by atomic mass is 16.5. The van der Waals surface area contributed by atoms with Crippen LogP contribution in [0.3, 0.4) is 0 Å². The number of nitrogens with one attached hydrogen (secondary N) is 1. The van der Waals surface area contributed by atoms with E-state index in [0.717, 1.165) is 11.1 Å². The quantitative estimate of drug-likeness (QED) is 0.172. The molecule has 1 fully saturated rings. The molecule has 1 atom stereocenters. The molecule has 0 spiro atoms. The van der Waals surface area contributed by atoms with Gasteiger partial charge in [-0.25, -0.2) is 4.98 Å². The van der Waals surface area contributed by atoms with Gasteiger partial charge < -0.3 is 19.6 Å². The molecule has 1 unspecified atom stereocenters. The molecular formula is C31H31N3O5. The van der Waals surface area contributed by atoms with Crippen molar-refractivity contribution in [2.45, 2.75) is 52.9 Å². The van der Waals surface area contributed by atoms with Crippen LogP contribution in [-0.4, -0.2) is 39.0 Å². The van der Waals surface area contributed by atoms with Crippen LogP contribution in [0.1, 0.15) is 50.4 Å². The molecule has 39 heavy (non-hydrogen) atoms. The third kappa shape index (κ3) is 5.10. The maximum atomic E-state index is 13.5. The minimum atomic E-state index is -0.922. The predicted molar refractivity (Wildman–Crippen MR) is 150 cm³/mol. The Morgan fingerprint density at radius 3 is 2.31 bits per heavy atom. The molecule has 2 heterocycles. The lowest BCUT2D eigenvalue weighted by Crippen LogP contribution is -2.30. The summed E-state index contributed by atoms with van der Waals surface area (Å²) < 4.78 is 11.6. The fraction of sp³-hybridized carbons (Fsp3) is 0.258. The Morgan fingerprint density at radius 2 is 1.62 bits per heavy atom. The molecule has 1 aliphatic rings. The average molecular weight is 526 g/mol. The second kappa shape index (κ2) is 10.3. The molecule has 1 aliphatic heterocycles. The SMILES string of the molecule is Cc1ccc2nc(N3C(=O)C(=O)/C(=C(/O)c4cccc(OC(C)C)c4)C3c3ccc(OC(C)C)cc3)[nH]c2c1. The lowest BCUT2D eigenvalue weighted by Gasteiger charge is -2.23. The summed E-state index contributed by atoms with van der Waals surface area (Å²) in [7, 11) is 0. The Kier molecular flexibility index (Phi) is 6.87. The third-order valence-electron chi connectivity index (χ3n) is 6.34. The smallest absolute Gasteiger partial charge is 0.302 e. The van der Waals surface area contributed by atoms with E-state index in [1.807, 2.05) is 52.8 Å². The van der Waals surface area contributed by atoms with Gasteiger partial charge in [0.2, 0.25) is 5.95 Å². The number of imidazole rings is 1. The van der Waals surface area contributed by atoms with E-state index in [-0.39, 0.29) is 29.5 Å². The van der Waals surface area contributed by atoms with Crippen molar-refractivity contribution in [2.75, 3.05) is 4.90 Å². The summed E-state index contributed by atoms with van der Waals surface area (Å²) in [6, 6.07) is 18.8. The number of aryl methyl sites for hydroxylation is 1. The van der Waals surface area contributed by atoms with E-state index in [1.165, 1.54) is 4.90 Å². The zero-order valence-corrected chi connectivity index (χ0v) is 22.6. The van der Waals surface area contributed by atoms with Gasteiger partial charge >= 0.3 is 5.91 Å². The van der Waals surface area contributed by atoms with Gasteiger partial charge in [0.1, 0.15) is 17.3 Å². The summed E-state index contributed by atoms with van der Waals surface area (Å²) in [5.74, 6) is -0.446. The number of amides is 1. The third-order valence-corrected chi connectivity index (χ3v) is 6.34. The maximum absolute atomic E-state index is 13.5. The second-order valence-electron chi connectivity index (χ2n) is 10.2. The van der Waals surface area contributed by atoms with Gasteiger partial charge in [-0.3, -0.25) is 14.5 Å². The molecule has 0 aliphatic carbocycles. The van der Waals surface area contributed by atoms with Gasteiger partial charge in [-0.15, -0.1) is 0 Å². The minimum Gasteiger partial charge on any atom is -0.507 e. The zero-order chi connectivity index (χ0) is 27.8. The number of fused-ring (bicyclic) bond motifs is 1. The lowest BCUT2D eigenvalue weighted by atomic mass is 9.95. The van der Waals surface area contributed by atoms with Crippen molar-refractivity contribution >= 4 is 34.4 Å². The highest BCUT2D eigenvalue weighted by molar-refractivity contribution is 6.51. The molecule has 1 saturated heterocycles. The number of aromatic nitrogens is 2. The Labute approximate surface area is 226 Å². The standard InChI is InChI=1S/C31H31N3O5/c1-17(2)38-22-12-10-20(11-13-22)27-26(28(35)21-7-6-8-23(16-21)39-18(3)4)29(36)30(37)34(27)31-32-24-14-9-19(5)15-25(24)33-31/h6-18,27,35H,1-5H3,(H,32,33)/b28-26+. The molecule has 1 aromatic heterocycles. The van der Waals surface area contributed by atoms with Crippen molar-refractivity contribution in [3.05, 3.63) is 89.0 Å². The van der Waals surface area contributed by atoms with Gasteiger partial charge in [-0.2, -0.15) is 0 Å². The van der Waals surface area contributed by atoms with Crippen molar-refractivity contribution in [2.24, 2.45) is 0 Å². The van der Waals surface area contributed by atoms with Gasteiger partial charge in [0.05, 0.1) is 34.9 Å². The number of ether oxygens (including phenoxy) is 2. The maximum Gasteiger partial charge on any atom is 0.302 e. The topological polar surface area (TPSA) is 105 Å². The van der Waals surface area contributed by atoms with Gasteiger partial charge in [-0.05, 0) is 82.1 Å². The van der Waals surface area contributed by atoms with Crippen LogP contribution in [0.15, 0.2) is 72.3 Å². The molecule has 1 amide bonds. The number of ketones is 1. The number of carbonyl (C=O) groups is 2. The Morgan fingerprint density at radius 1 is 0.923 bits per heavy atom. The number of nitrogens with zero attached hydrogens (tertiary/aromatic N) is 2. The highest BCUT2D eigenvalue weighted by Gasteiger charge is 2.48. The number of rotatable bonds is 7. The molecule has 5 rings (SSSR count). The number of benzene rings is 3. The molecule has 0 radical (unpaired) electrons. The molecule has 3 aromatic carbocycles. The largest absolute Gasteiger partial charge is 0.507 e. The summed E-state index contributed by atoms with van der Waals surface area (Å²) in [5, 5.41) is 11.5. The number of anilines is 1. The number of aliphatic hydroxyl groups is 1. The Bertz CT molecular complexity index is 1580. The van der Waals surface area contributed by atoms with Gasteiger partial charge in [-0.1, -0.05) is 30.3 Å². The van der Waals surface area contributed by atoms with Crippen LogP contribution in [-0.2, 0) is 9.59 Å². The predicted octanol–water partition coefficient (Wildman–Crippen LogP) is 6.07. The van der Waals surface area contributed by atoms with Crippen molar-refractivity contribution in [3.8, 4) is 11.5 Å². The summed E-state index contributed by atoms with van der Waals surface area (Å²) >= 11 is 0. The normalized spacial score (nSPS) is 17.0. The summed E-state index contributed by atoms with van der Waals surface area (Å²) in [4.78, 5) is 36.2. The van der Waals surface area contributed by atoms with Crippen LogP contribution >= 0.6 is 0 Å². The Hall–Kier alpha value is -4.59. The monoisotopic (exact) mass is 525 g/mol. The van der Waals surface area contributed by atoms with E-state index < -0.39 is 17.7 Å². The fourth-order valence-corrected chi connectivity index (χ4v) is 4.74. The van der Waals surface area contributed by atoms with Crippen LogP contribution in [0.4, 0.5) is 5.95 Å². The van der Waals surface area contributed by atoms with Crippen LogP contribution in [0.25, 0.3) is 16.8 Å². The number of aliphatic hydroxyl groups excluding tert-OH is 1. The van der Waals surface area contributed by atoms with Crippen molar-refractivity contribution < 1.29 is 24.2 Å². The summed E-state index contributed by atoms with van der Waals surface area (Å²) in [5.41, 5.74) is 3.39. The number of carbonyl (C=O) groups excluding carboxylic acids is 2.